The van der Waals surface area contributed by atoms with Crippen LogP contribution in [0.2, 0.25) is 0 Å². The maximum atomic E-state index is 4.74. The van der Waals surface area contributed by atoms with Gasteiger partial charge in [0.15, 0.2) is 5.65 Å². The molecule has 0 saturated heterocycles. The normalized spacial score (nSPS) is 11.3. The number of nitrogens with one attached hydrogen (secondary N) is 1. The van der Waals surface area contributed by atoms with Crippen molar-refractivity contribution in [1.82, 2.24) is 24.1 Å². The fourth-order valence-corrected chi connectivity index (χ4v) is 3.79. The SMILES string of the molecule is Cc1cc(NCCCn2ccnc2)n2nc(C)c(-c3cccs3)c2n1. The highest BCUT2D eigenvalue weighted by atomic mass is 32.1. The summed E-state index contributed by atoms with van der Waals surface area (Å²) in [6.45, 7) is 5.88. The molecule has 0 radical (unpaired) electrons. The number of thiophene rings is 1. The zero-order chi connectivity index (χ0) is 17.2. The average Bonchev–Trinajstić information content (AvgIpc) is 3.31. The molecule has 0 spiro atoms. The summed E-state index contributed by atoms with van der Waals surface area (Å²) in [7, 11) is 0. The van der Waals surface area contributed by atoms with Gasteiger partial charge in [-0.15, -0.1) is 11.3 Å². The van der Waals surface area contributed by atoms with Gasteiger partial charge in [-0.05, 0) is 31.7 Å². The van der Waals surface area contributed by atoms with Crippen molar-refractivity contribution in [2.45, 2.75) is 26.8 Å². The first-order valence-electron chi connectivity index (χ1n) is 8.33. The zero-order valence-electron chi connectivity index (χ0n) is 14.3. The van der Waals surface area contributed by atoms with E-state index in [1.54, 1.807) is 11.3 Å². The number of hydrogen-bond donors (Lipinski definition) is 1. The molecule has 4 heterocycles. The van der Waals surface area contributed by atoms with Gasteiger partial charge < -0.3 is 9.88 Å². The zero-order valence-corrected chi connectivity index (χ0v) is 15.1. The van der Waals surface area contributed by atoms with Gasteiger partial charge in [0.05, 0.1) is 17.6 Å². The van der Waals surface area contributed by atoms with Crippen LogP contribution in [0.1, 0.15) is 17.8 Å². The van der Waals surface area contributed by atoms with E-state index in [1.807, 2.05) is 37.1 Å². The molecule has 0 atom stereocenters. The molecule has 0 aromatic carbocycles. The summed E-state index contributed by atoms with van der Waals surface area (Å²) < 4.78 is 4.01. The summed E-state index contributed by atoms with van der Waals surface area (Å²) in [6.07, 6.45) is 6.65. The van der Waals surface area contributed by atoms with Crippen LogP contribution < -0.4 is 5.32 Å². The number of nitrogens with zero attached hydrogens (tertiary/aromatic N) is 5. The first-order chi connectivity index (χ1) is 12.2. The Morgan fingerprint density at radius 1 is 1.28 bits per heavy atom. The summed E-state index contributed by atoms with van der Waals surface area (Å²) in [6, 6.07) is 6.24. The first kappa shape index (κ1) is 15.8. The van der Waals surface area contributed by atoms with Gasteiger partial charge in [0, 0.05) is 42.1 Å². The molecule has 0 fully saturated rings. The van der Waals surface area contributed by atoms with Gasteiger partial charge in [-0.25, -0.2) is 9.97 Å². The fraction of sp³-hybridized carbons (Fsp3) is 0.278. The van der Waals surface area contributed by atoms with E-state index in [9.17, 15) is 0 Å². The number of fused-ring (bicyclic) bond motifs is 1. The smallest absolute Gasteiger partial charge is 0.166 e. The Hall–Kier alpha value is -2.67. The molecule has 0 aliphatic carbocycles. The largest absolute Gasteiger partial charge is 0.370 e. The Morgan fingerprint density at radius 3 is 2.96 bits per heavy atom. The van der Waals surface area contributed by atoms with Crippen LogP contribution in [-0.4, -0.2) is 30.7 Å². The van der Waals surface area contributed by atoms with Crippen molar-refractivity contribution in [3.8, 4) is 10.4 Å². The molecular weight excluding hydrogens is 332 g/mol. The summed E-state index contributed by atoms with van der Waals surface area (Å²) in [5, 5.41) is 10.3. The Labute approximate surface area is 150 Å². The predicted octanol–water partition coefficient (Wildman–Crippen LogP) is 3.77. The highest BCUT2D eigenvalue weighted by molar-refractivity contribution is 7.13. The van der Waals surface area contributed by atoms with E-state index in [0.29, 0.717) is 0 Å². The van der Waals surface area contributed by atoms with Crippen LogP contribution in [0.25, 0.3) is 16.1 Å². The van der Waals surface area contributed by atoms with Crippen LogP contribution in [0.5, 0.6) is 0 Å². The van der Waals surface area contributed by atoms with E-state index in [0.717, 1.165) is 47.9 Å². The fourth-order valence-electron chi connectivity index (χ4n) is 2.98. The second-order valence-electron chi connectivity index (χ2n) is 6.04. The van der Waals surface area contributed by atoms with E-state index in [1.165, 1.54) is 4.88 Å². The van der Waals surface area contributed by atoms with Crippen molar-refractivity contribution in [3.05, 3.63) is 53.7 Å². The molecule has 128 valence electrons. The van der Waals surface area contributed by atoms with Gasteiger partial charge in [-0.2, -0.15) is 9.61 Å². The van der Waals surface area contributed by atoms with Crippen molar-refractivity contribution in [3.63, 3.8) is 0 Å². The molecule has 0 bridgehead atoms. The number of aryl methyl sites for hydroxylation is 3. The molecule has 7 heteroatoms. The Kier molecular flexibility index (Phi) is 4.23. The lowest BCUT2D eigenvalue weighted by molar-refractivity contribution is 0.659. The molecule has 4 aromatic rings. The van der Waals surface area contributed by atoms with Gasteiger partial charge in [0.2, 0.25) is 0 Å². The van der Waals surface area contributed by atoms with Gasteiger partial charge in [-0.1, -0.05) is 6.07 Å². The third-order valence-electron chi connectivity index (χ3n) is 4.12. The third kappa shape index (κ3) is 3.15. The van der Waals surface area contributed by atoms with Crippen LogP contribution >= 0.6 is 11.3 Å². The maximum Gasteiger partial charge on any atom is 0.166 e. The minimum atomic E-state index is 0.865. The monoisotopic (exact) mass is 352 g/mol. The van der Waals surface area contributed by atoms with Gasteiger partial charge >= 0.3 is 0 Å². The Morgan fingerprint density at radius 2 is 2.20 bits per heavy atom. The Balaban J connectivity index is 1.59. The van der Waals surface area contributed by atoms with Crippen LogP contribution in [0.4, 0.5) is 5.82 Å². The molecule has 0 amide bonds. The summed E-state index contributed by atoms with van der Waals surface area (Å²) in [5.74, 6) is 0.985. The number of anilines is 1. The molecule has 0 aliphatic heterocycles. The van der Waals surface area contributed by atoms with Crippen molar-refractivity contribution in [1.29, 1.82) is 0 Å². The lowest BCUT2D eigenvalue weighted by Gasteiger charge is -2.10. The highest BCUT2D eigenvalue weighted by Gasteiger charge is 2.16. The van der Waals surface area contributed by atoms with E-state index in [4.69, 9.17) is 10.1 Å². The topological polar surface area (TPSA) is 60.0 Å². The van der Waals surface area contributed by atoms with Crippen molar-refractivity contribution < 1.29 is 0 Å². The van der Waals surface area contributed by atoms with Gasteiger partial charge in [-0.3, -0.25) is 0 Å². The lowest BCUT2D eigenvalue weighted by atomic mass is 10.2. The van der Waals surface area contributed by atoms with Crippen LogP contribution in [0.3, 0.4) is 0 Å². The Bertz CT molecular complexity index is 969. The number of imidazole rings is 1. The van der Waals surface area contributed by atoms with Crippen LogP contribution in [0, 0.1) is 13.8 Å². The quantitative estimate of drug-likeness (QED) is 0.537. The summed E-state index contributed by atoms with van der Waals surface area (Å²) >= 11 is 1.72. The van der Waals surface area contributed by atoms with E-state index >= 15 is 0 Å². The third-order valence-corrected chi connectivity index (χ3v) is 5.01. The molecule has 1 N–H and O–H groups in total. The molecule has 0 unspecified atom stereocenters. The van der Waals surface area contributed by atoms with Crippen LogP contribution in [0.15, 0.2) is 42.3 Å². The molecule has 6 nitrogen and oxygen atoms in total. The maximum absolute atomic E-state index is 4.74. The average molecular weight is 352 g/mol. The van der Waals surface area contributed by atoms with Crippen LogP contribution in [-0.2, 0) is 6.54 Å². The number of hydrogen-bond acceptors (Lipinski definition) is 5. The van der Waals surface area contributed by atoms with Crippen molar-refractivity contribution in [2.24, 2.45) is 0 Å². The standard InChI is InChI=1S/C18H20N6S/c1-13-11-16(20-6-4-8-23-9-7-19-12-23)24-18(21-13)17(14(2)22-24)15-5-3-10-25-15/h3,5,7,9-12,20H,4,6,8H2,1-2H3. The van der Waals surface area contributed by atoms with Gasteiger partial charge in [0.1, 0.15) is 5.82 Å². The number of rotatable bonds is 6. The molecule has 4 rings (SSSR count). The molecule has 4 aromatic heterocycles. The molecule has 0 saturated carbocycles. The second-order valence-corrected chi connectivity index (χ2v) is 6.98. The molecular formula is C18H20N6S. The minimum Gasteiger partial charge on any atom is -0.370 e. The lowest BCUT2D eigenvalue weighted by Crippen LogP contribution is -2.10. The van der Waals surface area contributed by atoms with E-state index < -0.39 is 0 Å². The van der Waals surface area contributed by atoms with Crippen molar-refractivity contribution in [2.75, 3.05) is 11.9 Å². The van der Waals surface area contributed by atoms with Crippen molar-refractivity contribution >= 4 is 22.8 Å². The molecule has 25 heavy (non-hydrogen) atoms. The predicted molar refractivity (Wildman–Crippen MR) is 101 cm³/mol. The second kappa shape index (κ2) is 6.68. The number of aromatic nitrogens is 5. The summed E-state index contributed by atoms with van der Waals surface area (Å²) in [4.78, 5) is 10.0. The highest BCUT2D eigenvalue weighted by Crippen LogP contribution is 2.32. The minimum absolute atomic E-state index is 0.865. The first-order valence-corrected chi connectivity index (χ1v) is 9.21. The molecule has 0 aliphatic rings. The summed E-state index contributed by atoms with van der Waals surface area (Å²) in [5.41, 5.74) is 4.03. The van der Waals surface area contributed by atoms with Gasteiger partial charge in [0.25, 0.3) is 0 Å². The van der Waals surface area contributed by atoms with E-state index in [2.05, 4.69) is 38.4 Å². The van der Waals surface area contributed by atoms with E-state index in [-0.39, 0.29) is 0 Å².